The van der Waals surface area contributed by atoms with Gasteiger partial charge in [-0.3, -0.25) is 10.3 Å². The number of aryl methyl sites for hydroxylation is 1. The van der Waals surface area contributed by atoms with Crippen LogP contribution in [0.5, 0.6) is 5.75 Å². The fraction of sp³-hybridized carbons (Fsp3) is 0.269. The lowest BCUT2D eigenvalue weighted by molar-refractivity contribution is -0.141. The van der Waals surface area contributed by atoms with Crippen LogP contribution in [0.15, 0.2) is 79.1 Å². The summed E-state index contributed by atoms with van der Waals surface area (Å²) in [5.74, 6) is -0.361. The maximum absolute atomic E-state index is 14.1. The number of hydrogen-bond acceptors (Lipinski definition) is 4. The zero-order valence-corrected chi connectivity index (χ0v) is 19.0. The number of nitrogens with one attached hydrogen (secondary N) is 2. The van der Waals surface area contributed by atoms with Gasteiger partial charge in [0.15, 0.2) is 11.6 Å². The van der Waals surface area contributed by atoms with Crippen molar-refractivity contribution < 1.29 is 22.3 Å². The summed E-state index contributed by atoms with van der Waals surface area (Å²) in [7, 11) is 3.18. The third-order valence-electron chi connectivity index (χ3n) is 5.58. The molecule has 1 unspecified atom stereocenters. The van der Waals surface area contributed by atoms with E-state index in [0.29, 0.717) is 18.4 Å². The van der Waals surface area contributed by atoms with Gasteiger partial charge in [0.1, 0.15) is 5.69 Å². The monoisotopic (exact) mass is 473 g/mol. The normalized spacial score (nSPS) is 13.2. The van der Waals surface area contributed by atoms with Crippen molar-refractivity contribution in [3.63, 3.8) is 0 Å². The minimum Gasteiger partial charge on any atom is -0.494 e. The van der Waals surface area contributed by atoms with Crippen molar-refractivity contribution in [3.8, 4) is 5.75 Å². The molecule has 2 N–H and O–H groups in total. The molecule has 0 fully saturated rings. The minimum absolute atomic E-state index is 0.115. The summed E-state index contributed by atoms with van der Waals surface area (Å²) < 4.78 is 57.7. The lowest BCUT2D eigenvalue weighted by atomic mass is 9.95. The summed E-state index contributed by atoms with van der Waals surface area (Å²) in [6.45, 7) is 4.12. The number of methoxy groups -OCH3 is 1. The highest BCUT2D eigenvalue weighted by atomic mass is 19.4. The van der Waals surface area contributed by atoms with Crippen LogP contribution in [0.1, 0.15) is 40.9 Å². The number of alkyl halides is 3. The smallest absolute Gasteiger partial charge is 0.433 e. The van der Waals surface area contributed by atoms with Crippen molar-refractivity contribution in [2.24, 2.45) is 0 Å². The van der Waals surface area contributed by atoms with Crippen LogP contribution in [0.4, 0.5) is 17.6 Å². The van der Waals surface area contributed by atoms with Crippen molar-refractivity contribution in [2.75, 3.05) is 14.2 Å². The molecule has 1 heterocycles. The quantitative estimate of drug-likeness (QED) is 0.355. The molecule has 8 heteroatoms. The van der Waals surface area contributed by atoms with Gasteiger partial charge in [-0.05, 0) is 47.7 Å². The van der Waals surface area contributed by atoms with Gasteiger partial charge in [0.25, 0.3) is 0 Å². The molecule has 1 aromatic heterocycles. The van der Waals surface area contributed by atoms with E-state index in [-0.39, 0.29) is 17.8 Å². The Hall–Kier alpha value is -3.39. The maximum Gasteiger partial charge on any atom is 0.433 e. The van der Waals surface area contributed by atoms with Gasteiger partial charge in [-0.2, -0.15) is 13.2 Å². The average Bonchev–Trinajstić information content (AvgIpc) is 2.84. The molecule has 0 aliphatic heterocycles. The Kier molecular flexibility index (Phi) is 8.28. The highest BCUT2D eigenvalue weighted by Crippen LogP contribution is 2.31. The summed E-state index contributed by atoms with van der Waals surface area (Å²) in [5, 5.41) is 6.66. The number of benzene rings is 2. The zero-order chi connectivity index (χ0) is 24.7. The van der Waals surface area contributed by atoms with Crippen LogP contribution in [-0.4, -0.2) is 19.1 Å². The molecule has 2 aromatic carbocycles. The number of hydrogen-bond donors (Lipinski definition) is 2. The number of nitrogens with zero attached hydrogens (tertiary/aromatic N) is 1. The Labute approximate surface area is 196 Å². The molecule has 0 saturated carbocycles. The first-order chi connectivity index (χ1) is 16.2. The number of pyridine rings is 1. The second-order valence-electron chi connectivity index (χ2n) is 7.82. The SMILES string of the molecule is C=C(NC)C(N[C@@H](CCc1ccc(C(F)(F)F)nc1)c1ccc(F)c(OC)c1)c1ccccc1. The van der Waals surface area contributed by atoms with Crippen molar-refractivity contribution in [2.45, 2.75) is 31.1 Å². The molecule has 0 amide bonds. The lowest BCUT2D eigenvalue weighted by Crippen LogP contribution is -2.31. The van der Waals surface area contributed by atoms with E-state index < -0.39 is 17.7 Å². The van der Waals surface area contributed by atoms with Gasteiger partial charge in [-0.15, -0.1) is 0 Å². The molecule has 0 spiro atoms. The summed E-state index contributed by atoms with van der Waals surface area (Å²) in [6.07, 6.45) is -2.27. The van der Waals surface area contributed by atoms with Crippen molar-refractivity contribution in [1.82, 2.24) is 15.6 Å². The predicted molar refractivity (Wildman–Crippen MR) is 124 cm³/mol. The Morgan fingerprint density at radius 2 is 1.79 bits per heavy atom. The Morgan fingerprint density at radius 3 is 2.38 bits per heavy atom. The standard InChI is InChI=1S/C26H27F4N3O/c1-17(31-2)25(19-7-5-4-6-8-19)33-22(20-11-12-21(27)23(15-20)34-3)13-9-18-10-14-24(32-16-18)26(28,29)30/h4-8,10-12,14-16,22,25,31,33H,1,9,13H2,2-3H3/t22-,25?/m0/s1. The van der Waals surface area contributed by atoms with Gasteiger partial charge in [0.2, 0.25) is 0 Å². The van der Waals surface area contributed by atoms with Gasteiger partial charge in [0.05, 0.1) is 13.2 Å². The van der Waals surface area contributed by atoms with Gasteiger partial charge in [-0.1, -0.05) is 49.0 Å². The molecule has 34 heavy (non-hydrogen) atoms. The third-order valence-corrected chi connectivity index (χ3v) is 5.58. The molecule has 0 saturated heterocycles. The summed E-state index contributed by atoms with van der Waals surface area (Å²) in [4.78, 5) is 3.55. The molecule has 0 radical (unpaired) electrons. The van der Waals surface area contributed by atoms with E-state index in [4.69, 9.17) is 4.74 Å². The topological polar surface area (TPSA) is 46.2 Å². The van der Waals surface area contributed by atoms with Crippen molar-refractivity contribution in [1.29, 1.82) is 0 Å². The summed E-state index contributed by atoms with van der Waals surface area (Å²) >= 11 is 0. The fourth-order valence-electron chi connectivity index (χ4n) is 3.68. The van der Waals surface area contributed by atoms with E-state index in [1.165, 1.54) is 25.4 Å². The summed E-state index contributed by atoms with van der Waals surface area (Å²) in [6, 6.07) is 16.2. The van der Waals surface area contributed by atoms with E-state index in [1.54, 1.807) is 19.2 Å². The van der Waals surface area contributed by atoms with E-state index in [0.717, 1.165) is 22.9 Å². The molecule has 0 bridgehead atoms. The molecule has 4 nitrogen and oxygen atoms in total. The summed E-state index contributed by atoms with van der Waals surface area (Å²) in [5.41, 5.74) is 2.24. The molecular weight excluding hydrogens is 446 g/mol. The first-order valence-corrected chi connectivity index (χ1v) is 10.8. The van der Waals surface area contributed by atoms with Gasteiger partial charge >= 0.3 is 6.18 Å². The number of halogens is 4. The Bertz CT molecular complexity index is 1090. The molecule has 0 aliphatic rings. The molecular formula is C26H27F4N3O. The molecule has 3 aromatic rings. The highest BCUT2D eigenvalue weighted by Gasteiger charge is 2.32. The number of aromatic nitrogens is 1. The maximum atomic E-state index is 14.1. The van der Waals surface area contributed by atoms with Crippen LogP contribution in [0.2, 0.25) is 0 Å². The first kappa shape index (κ1) is 25.2. The number of likely N-dealkylation sites (N-methyl/N-ethyl adjacent to an activating group) is 1. The largest absolute Gasteiger partial charge is 0.494 e. The van der Waals surface area contributed by atoms with E-state index in [9.17, 15) is 17.6 Å². The molecule has 3 rings (SSSR count). The van der Waals surface area contributed by atoms with Gasteiger partial charge < -0.3 is 10.1 Å². The second kappa shape index (κ2) is 11.2. The van der Waals surface area contributed by atoms with Crippen molar-refractivity contribution in [3.05, 3.63) is 107 Å². The Morgan fingerprint density at radius 1 is 1.06 bits per heavy atom. The lowest BCUT2D eigenvalue weighted by Gasteiger charge is -2.28. The molecule has 2 atom stereocenters. The zero-order valence-electron chi connectivity index (χ0n) is 19.0. The van der Waals surface area contributed by atoms with Crippen LogP contribution >= 0.6 is 0 Å². The van der Waals surface area contributed by atoms with Gasteiger partial charge in [-0.25, -0.2) is 4.39 Å². The number of ether oxygens (including phenoxy) is 1. The van der Waals surface area contributed by atoms with Crippen LogP contribution < -0.4 is 15.4 Å². The van der Waals surface area contributed by atoms with Gasteiger partial charge in [0, 0.05) is 25.0 Å². The number of rotatable bonds is 10. The predicted octanol–water partition coefficient (Wildman–Crippen LogP) is 5.99. The second-order valence-corrected chi connectivity index (χ2v) is 7.82. The Balaban J connectivity index is 1.89. The van der Waals surface area contributed by atoms with Crippen molar-refractivity contribution >= 4 is 0 Å². The first-order valence-electron chi connectivity index (χ1n) is 10.8. The van der Waals surface area contributed by atoms with E-state index in [1.807, 2.05) is 30.3 Å². The van der Waals surface area contributed by atoms with E-state index >= 15 is 0 Å². The van der Waals surface area contributed by atoms with Crippen LogP contribution in [0.3, 0.4) is 0 Å². The highest BCUT2D eigenvalue weighted by molar-refractivity contribution is 5.34. The van der Waals surface area contributed by atoms with Crippen LogP contribution in [0.25, 0.3) is 0 Å². The van der Waals surface area contributed by atoms with E-state index in [2.05, 4.69) is 22.2 Å². The fourth-order valence-corrected chi connectivity index (χ4v) is 3.68. The van der Waals surface area contributed by atoms with Crippen LogP contribution in [-0.2, 0) is 12.6 Å². The van der Waals surface area contributed by atoms with Crippen LogP contribution in [0, 0.1) is 5.82 Å². The minimum atomic E-state index is -4.48. The molecule has 0 aliphatic carbocycles. The average molecular weight is 474 g/mol. The third kappa shape index (κ3) is 6.35. The molecule has 180 valence electrons.